The maximum atomic E-state index is 12.5. The molecule has 2 rings (SSSR count). The first-order chi connectivity index (χ1) is 9.21. The van der Waals surface area contributed by atoms with Crippen molar-refractivity contribution < 1.29 is 4.79 Å². The topological polar surface area (TPSA) is 46.1 Å². The number of nitrogens with zero attached hydrogens (tertiary/aromatic N) is 3. The summed E-state index contributed by atoms with van der Waals surface area (Å²) in [7, 11) is 0. The number of rotatable bonds is 2. The number of hydrogen-bond donors (Lipinski definition) is 0. The number of carbonyl (C=O) groups excluding carboxylic acids is 1. The number of Topliss-reactive ketones (excluding diaryl/α,β-unsaturated/α-hetero) is 1. The van der Waals surface area contributed by atoms with Crippen molar-refractivity contribution in [1.29, 1.82) is 0 Å². The minimum Gasteiger partial charge on any atom is -0.338 e. The van der Waals surface area contributed by atoms with E-state index in [1.54, 1.807) is 0 Å². The summed E-state index contributed by atoms with van der Waals surface area (Å²) in [4.78, 5) is 23.9. The van der Waals surface area contributed by atoms with Gasteiger partial charge in [0.1, 0.15) is 0 Å². The van der Waals surface area contributed by atoms with Crippen molar-refractivity contribution >= 4 is 11.7 Å². The zero-order valence-corrected chi connectivity index (χ0v) is 13.4. The smallest absolute Gasteiger partial charge is 0.226 e. The highest BCUT2D eigenvalue weighted by Crippen LogP contribution is 2.27. The molecule has 2 heterocycles. The number of carbonyl (C=O) groups is 1. The molecule has 1 fully saturated rings. The molecule has 1 unspecified atom stereocenters. The molecule has 1 aromatic heterocycles. The van der Waals surface area contributed by atoms with Gasteiger partial charge in [-0.3, -0.25) is 4.79 Å². The Kier molecular flexibility index (Phi) is 3.85. The summed E-state index contributed by atoms with van der Waals surface area (Å²) in [5, 5.41) is 0. The lowest BCUT2D eigenvalue weighted by Crippen LogP contribution is -2.30. The van der Waals surface area contributed by atoms with Crippen molar-refractivity contribution in [3.63, 3.8) is 0 Å². The Hall–Kier alpha value is -1.45. The molecule has 4 heteroatoms. The molecule has 1 atom stereocenters. The molecule has 0 spiro atoms. The Labute approximate surface area is 121 Å². The normalized spacial score (nSPS) is 19.5. The molecule has 4 nitrogen and oxygen atoms in total. The third-order valence-electron chi connectivity index (χ3n) is 3.98. The van der Waals surface area contributed by atoms with Gasteiger partial charge in [0.2, 0.25) is 5.95 Å². The lowest BCUT2D eigenvalue weighted by Gasteiger charge is -2.24. The van der Waals surface area contributed by atoms with E-state index in [-0.39, 0.29) is 5.78 Å². The van der Waals surface area contributed by atoms with E-state index in [2.05, 4.69) is 21.8 Å². The van der Waals surface area contributed by atoms with E-state index in [0.29, 0.717) is 11.6 Å². The summed E-state index contributed by atoms with van der Waals surface area (Å²) >= 11 is 0. The second-order valence-electron chi connectivity index (χ2n) is 6.83. The molecule has 110 valence electrons. The molecule has 1 aliphatic rings. The van der Waals surface area contributed by atoms with E-state index >= 15 is 0 Å². The molecule has 0 N–H and O–H groups in total. The number of ketones is 1. The van der Waals surface area contributed by atoms with Gasteiger partial charge in [0, 0.05) is 18.0 Å². The number of aryl methyl sites for hydroxylation is 2. The maximum Gasteiger partial charge on any atom is 0.226 e. The van der Waals surface area contributed by atoms with E-state index in [9.17, 15) is 4.79 Å². The minimum absolute atomic E-state index is 0.119. The largest absolute Gasteiger partial charge is 0.338 e. The van der Waals surface area contributed by atoms with Gasteiger partial charge in [-0.15, -0.1) is 0 Å². The van der Waals surface area contributed by atoms with Crippen LogP contribution in [0.15, 0.2) is 0 Å². The third kappa shape index (κ3) is 2.69. The Bertz CT molecular complexity index is 508. The van der Waals surface area contributed by atoms with Gasteiger partial charge in [-0.25, -0.2) is 9.97 Å². The van der Waals surface area contributed by atoms with Crippen molar-refractivity contribution in [3.8, 4) is 0 Å². The third-order valence-corrected chi connectivity index (χ3v) is 3.98. The van der Waals surface area contributed by atoms with Crippen molar-refractivity contribution in [2.24, 2.45) is 5.41 Å². The van der Waals surface area contributed by atoms with Gasteiger partial charge in [-0.1, -0.05) is 20.8 Å². The summed E-state index contributed by atoms with van der Waals surface area (Å²) in [6.07, 6.45) is 2.37. The fraction of sp³-hybridized carbons (Fsp3) is 0.688. The molecular formula is C16H25N3O. The van der Waals surface area contributed by atoms with Crippen LogP contribution < -0.4 is 4.90 Å². The molecule has 0 aliphatic carbocycles. The van der Waals surface area contributed by atoms with Crippen LogP contribution in [0.5, 0.6) is 0 Å². The molecular weight excluding hydrogens is 250 g/mol. The van der Waals surface area contributed by atoms with Crippen LogP contribution in [0, 0.1) is 19.3 Å². The highest BCUT2D eigenvalue weighted by Gasteiger charge is 2.29. The van der Waals surface area contributed by atoms with Gasteiger partial charge in [0.15, 0.2) is 5.78 Å². The van der Waals surface area contributed by atoms with Crippen LogP contribution in [0.3, 0.4) is 0 Å². The van der Waals surface area contributed by atoms with Crippen LogP contribution in [-0.2, 0) is 0 Å². The van der Waals surface area contributed by atoms with Crippen molar-refractivity contribution in [2.45, 2.75) is 60.4 Å². The second-order valence-corrected chi connectivity index (χ2v) is 6.83. The molecule has 1 saturated heterocycles. The summed E-state index contributed by atoms with van der Waals surface area (Å²) < 4.78 is 0. The first-order valence-corrected chi connectivity index (χ1v) is 7.38. The fourth-order valence-electron chi connectivity index (χ4n) is 2.76. The predicted octanol–water partition coefficient (Wildman–Crippen LogP) is 3.31. The lowest BCUT2D eigenvalue weighted by atomic mass is 9.85. The van der Waals surface area contributed by atoms with Crippen molar-refractivity contribution in [3.05, 3.63) is 17.0 Å². The summed E-state index contributed by atoms with van der Waals surface area (Å²) in [6, 6.07) is 0.484. The SMILES string of the molecule is Cc1nc(N2CCCC2C)nc(C)c1C(=O)C(C)(C)C. The monoisotopic (exact) mass is 275 g/mol. The lowest BCUT2D eigenvalue weighted by molar-refractivity contribution is 0.0856. The molecule has 0 amide bonds. The Morgan fingerprint density at radius 3 is 2.15 bits per heavy atom. The zero-order valence-electron chi connectivity index (χ0n) is 13.4. The number of anilines is 1. The maximum absolute atomic E-state index is 12.5. The summed E-state index contributed by atoms with van der Waals surface area (Å²) in [5.41, 5.74) is 1.88. The highest BCUT2D eigenvalue weighted by atomic mass is 16.1. The summed E-state index contributed by atoms with van der Waals surface area (Å²) in [5.74, 6) is 0.893. The Morgan fingerprint density at radius 2 is 1.75 bits per heavy atom. The summed E-state index contributed by atoms with van der Waals surface area (Å²) in [6.45, 7) is 12.8. The van der Waals surface area contributed by atoms with Crippen LogP contribution in [0.4, 0.5) is 5.95 Å². The number of aromatic nitrogens is 2. The first kappa shape index (κ1) is 14.9. The van der Waals surface area contributed by atoms with Gasteiger partial charge in [-0.05, 0) is 33.6 Å². The molecule has 0 radical (unpaired) electrons. The van der Waals surface area contributed by atoms with Gasteiger partial charge in [0.05, 0.1) is 17.0 Å². The Morgan fingerprint density at radius 1 is 1.20 bits per heavy atom. The average molecular weight is 275 g/mol. The first-order valence-electron chi connectivity index (χ1n) is 7.38. The van der Waals surface area contributed by atoms with Crippen LogP contribution in [0.25, 0.3) is 0 Å². The van der Waals surface area contributed by atoms with E-state index in [1.165, 1.54) is 12.8 Å². The Balaban J connectivity index is 2.42. The molecule has 0 aromatic carbocycles. The molecule has 20 heavy (non-hydrogen) atoms. The van der Waals surface area contributed by atoms with Gasteiger partial charge >= 0.3 is 0 Å². The van der Waals surface area contributed by atoms with Gasteiger partial charge < -0.3 is 4.90 Å². The van der Waals surface area contributed by atoms with E-state index in [0.717, 1.165) is 23.9 Å². The molecule has 0 saturated carbocycles. The minimum atomic E-state index is -0.401. The quantitative estimate of drug-likeness (QED) is 0.777. The van der Waals surface area contributed by atoms with Crippen molar-refractivity contribution in [2.75, 3.05) is 11.4 Å². The molecule has 0 bridgehead atoms. The highest BCUT2D eigenvalue weighted by molar-refractivity contribution is 6.01. The predicted molar refractivity (Wildman–Crippen MR) is 81.3 cm³/mol. The molecule has 1 aromatic rings. The van der Waals surface area contributed by atoms with Gasteiger partial charge in [0.25, 0.3) is 0 Å². The fourth-order valence-corrected chi connectivity index (χ4v) is 2.76. The average Bonchev–Trinajstić information content (AvgIpc) is 2.73. The van der Waals surface area contributed by atoms with E-state index in [1.807, 2.05) is 34.6 Å². The van der Waals surface area contributed by atoms with E-state index in [4.69, 9.17) is 0 Å². The van der Waals surface area contributed by atoms with Crippen molar-refractivity contribution in [1.82, 2.24) is 9.97 Å². The second kappa shape index (κ2) is 5.15. The molecule has 1 aliphatic heterocycles. The van der Waals surface area contributed by atoms with Gasteiger partial charge in [-0.2, -0.15) is 0 Å². The van der Waals surface area contributed by atoms with Crippen LogP contribution in [-0.4, -0.2) is 28.3 Å². The van der Waals surface area contributed by atoms with E-state index < -0.39 is 5.41 Å². The van der Waals surface area contributed by atoms with Crippen LogP contribution in [0.1, 0.15) is 62.3 Å². The van der Waals surface area contributed by atoms with Crippen LogP contribution >= 0.6 is 0 Å². The van der Waals surface area contributed by atoms with Crippen LogP contribution in [0.2, 0.25) is 0 Å². The zero-order chi connectivity index (χ0) is 15.1. The number of hydrogen-bond acceptors (Lipinski definition) is 4. The standard InChI is InChI=1S/C16H25N3O/c1-10-8-7-9-19(10)15-17-11(2)13(12(3)18-15)14(20)16(4,5)6/h10H,7-9H2,1-6H3.